The van der Waals surface area contributed by atoms with Crippen molar-refractivity contribution in [3.05, 3.63) is 34.9 Å². The minimum Gasteiger partial charge on any atom is -0.394 e. The Labute approximate surface area is 206 Å². The highest BCUT2D eigenvalue weighted by molar-refractivity contribution is 9.10. The third-order valence-corrected chi connectivity index (χ3v) is 7.20. The van der Waals surface area contributed by atoms with Crippen molar-refractivity contribution in [2.45, 2.75) is 76.2 Å². The van der Waals surface area contributed by atoms with E-state index >= 15 is 0 Å². The molecule has 0 saturated heterocycles. The molecule has 1 heterocycles. The van der Waals surface area contributed by atoms with Crippen LogP contribution in [0.3, 0.4) is 0 Å². The zero-order valence-electron chi connectivity index (χ0n) is 19.5. The van der Waals surface area contributed by atoms with Gasteiger partial charge in [0.15, 0.2) is 0 Å². The van der Waals surface area contributed by atoms with Gasteiger partial charge in [0.2, 0.25) is 16.0 Å². The van der Waals surface area contributed by atoms with Crippen LogP contribution in [0.5, 0.6) is 0 Å². The maximum absolute atomic E-state index is 12.5. The number of aliphatic hydroxyl groups is 1. The third-order valence-electron chi connectivity index (χ3n) is 5.14. The van der Waals surface area contributed by atoms with Crippen molar-refractivity contribution in [3.63, 3.8) is 0 Å². The van der Waals surface area contributed by atoms with Gasteiger partial charge in [0.05, 0.1) is 16.0 Å². The molecule has 10 heteroatoms. The number of anilines is 3. The number of hydrogen-bond donors (Lipinski definition) is 4. The van der Waals surface area contributed by atoms with Gasteiger partial charge in [0, 0.05) is 24.5 Å². The largest absolute Gasteiger partial charge is 0.394 e. The molecule has 33 heavy (non-hydrogen) atoms. The van der Waals surface area contributed by atoms with Crippen molar-refractivity contribution in [3.8, 4) is 0 Å². The van der Waals surface area contributed by atoms with Gasteiger partial charge in [-0.15, -0.1) is 0 Å². The molecule has 0 unspecified atom stereocenters. The van der Waals surface area contributed by atoms with Gasteiger partial charge >= 0.3 is 0 Å². The van der Waals surface area contributed by atoms with E-state index in [4.69, 9.17) is 0 Å². The summed E-state index contributed by atoms with van der Waals surface area (Å²) in [5.41, 5.74) is 0.667. The normalized spacial score (nSPS) is 12.5. The number of hydrogen-bond acceptors (Lipinski definition) is 7. The molecule has 1 aromatic carbocycles. The molecule has 0 aliphatic rings. The van der Waals surface area contributed by atoms with Crippen LogP contribution < -0.4 is 15.4 Å². The quantitative estimate of drug-likeness (QED) is 0.216. The summed E-state index contributed by atoms with van der Waals surface area (Å²) < 4.78 is 28.4. The Bertz CT molecular complexity index is 942. The second-order valence-electron chi connectivity index (χ2n) is 8.14. The maximum Gasteiger partial charge on any atom is 0.240 e. The van der Waals surface area contributed by atoms with E-state index in [0.29, 0.717) is 28.5 Å². The Morgan fingerprint density at radius 3 is 2.30 bits per heavy atom. The average Bonchev–Trinajstić information content (AvgIpc) is 2.80. The van der Waals surface area contributed by atoms with Gasteiger partial charge in [-0.1, -0.05) is 51.9 Å². The summed E-state index contributed by atoms with van der Waals surface area (Å²) in [6.07, 6.45) is 11.0. The van der Waals surface area contributed by atoms with E-state index < -0.39 is 10.0 Å². The summed E-state index contributed by atoms with van der Waals surface area (Å²) in [5, 5.41) is 15.4. The first-order chi connectivity index (χ1) is 15.9. The van der Waals surface area contributed by atoms with Crippen LogP contribution in [0.1, 0.15) is 65.2 Å². The van der Waals surface area contributed by atoms with Crippen molar-refractivity contribution < 1.29 is 13.5 Å². The molecule has 0 amide bonds. The van der Waals surface area contributed by atoms with Gasteiger partial charge in [-0.25, -0.2) is 18.1 Å². The van der Waals surface area contributed by atoms with E-state index in [9.17, 15) is 13.5 Å². The molecule has 0 saturated carbocycles. The fraction of sp³-hybridized carbons (Fsp3) is 0.565. The van der Waals surface area contributed by atoms with Gasteiger partial charge in [0.25, 0.3) is 0 Å². The van der Waals surface area contributed by atoms with Crippen molar-refractivity contribution in [1.82, 2.24) is 14.7 Å². The number of sulfonamides is 1. The molecule has 1 atom stereocenters. The first-order valence-corrected chi connectivity index (χ1v) is 13.9. The lowest BCUT2D eigenvalue weighted by Crippen LogP contribution is -2.24. The Morgan fingerprint density at radius 1 is 1.03 bits per heavy atom. The second-order valence-corrected chi connectivity index (χ2v) is 10.8. The van der Waals surface area contributed by atoms with Crippen LogP contribution in [-0.2, 0) is 10.0 Å². The number of aromatic nitrogens is 2. The number of halogens is 1. The lowest BCUT2D eigenvalue weighted by molar-refractivity contribution is 0.281. The van der Waals surface area contributed by atoms with E-state index in [1.807, 2.05) is 6.92 Å². The number of rotatable bonds is 16. The van der Waals surface area contributed by atoms with Crippen LogP contribution in [0, 0.1) is 0 Å². The molecular formula is C23H36BrN5O3S. The van der Waals surface area contributed by atoms with Gasteiger partial charge in [-0.05, 0) is 53.5 Å². The smallest absolute Gasteiger partial charge is 0.240 e. The molecule has 2 aromatic rings. The van der Waals surface area contributed by atoms with E-state index in [-0.39, 0.29) is 17.5 Å². The number of unbranched alkanes of at least 4 members (excludes halogenated alkanes) is 7. The lowest BCUT2D eigenvalue weighted by Gasteiger charge is -2.14. The van der Waals surface area contributed by atoms with E-state index in [1.165, 1.54) is 32.1 Å². The lowest BCUT2D eigenvalue weighted by atomic mass is 10.1. The summed E-state index contributed by atoms with van der Waals surface area (Å²) in [6, 6.07) is 6.32. The average molecular weight is 543 g/mol. The summed E-state index contributed by atoms with van der Waals surface area (Å²) in [7, 11) is -3.53. The Balaban J connectivity index is 1.83. The van der Waals surface area contributed by atoms with Crippen LogP contribution in [0.15, 0.2) is 39.8 Å². The summed E-state index contributed by atoms with van der Waals surface area (Å²) >= 11 is 3.38. The summed E-state index contributed by atoms with van der Waals surface area (Å²) in [4.78, 5) is 8.84. The predicted molar refractivity (Wildman–Crippen MR) is 137 cm³/mol. The molecule has 0 fully saturated rings. The standard InChI is InChI=1S/C23H36BrN5O3S/c1-3-4-5-6-7-8-9-10-15-26-33(31,32)20-13-11-19(12-14-20)28-23-25-16-21(24)22(29-23)27-18(2)17-30/h11-14,16,18,26,30H,3-10,15,17H2,1-2H3,(H2,25,27,28,29)/t18-/m1/s1. The number of benzene rings is 1. The van der Waals surface area contributed by atoms with Gasteiger partial charge in [-0.2, -0.15) is 4.98 Å². The second kappa shape index (κ2) is 14.5. The molecule has 0 spiro atoms. The molecule has 1 aromatic heterocycles. The number of aliphatic hydroxyl groups excluding tert-OH is 1. The van der Waals surface area contributed by atoms with E-state index in [2.05, 4.69) is 48.2 Å². The summed E-state index contributed by atoms with van der Waals surface area (Å²) in [6.45, 7) is 4.47. The van der Waals surface area contributed by atoms with Gasteiger partial charge in [-0.3, -0.25) is 0 Å². The Morgan fingerprint density at radius 2 is 1.67 bits per heavy atom. The molecule has 0 radical (unpaired) electrons. The number of nitrogens with one attached hydrogen (secondary N) is 3. The van der Waals surface area contributed by atoms with E-state index in [0.717, 1.165) is 19.3 Å². The molecule has 2 rings (SSSR count). The van der Waals surface area contributed by atoms with Crippen LogP contribution >= 0.6 is 15.9 Å². The highest BCUT2D eigenvalue weighted by Gasteiger charge is 2.13. The molecular weight excluding hydrogens is 506 g/mol. The van der Waals surface area contributed by atoms with Crippen LogP contribution in [0.25, 0.3) is 0 Å². The topological polar surface area (TPSA) is 116 Å². The fourth-order valence-electron chi connectivity index (χ4n) is 3.20. The Hall–Kier alpha value is -1.75. The highest BCUT2D eigenvalue weighted by Crippen LogP contribution is 2.23. The molecule has 0 bridgehead atoms. The van der Waals surface area contributed by atoms with Gasteiger partial charge in [0.1, 0.15) is 5.82 Å². The minimum absolute atomic E-state index is 0.0256. The SMILES string of the molecule is CCCCCCCCCCNS(=O)(=O)c1ccc(Nc2ncc(Br)c(N[C@H](C)CO)n2)cc1. The van der Waals surface area contributed by atoms with Crippen molar-refractivity contribution in [2.24, 2.45) is 0 Å². The predicted octanol–water partition coefficient (Wildman–Crippen LogP) is 5.19. The van der Waals surface area contributed by atoms with Crippen LogP contribution in [0.2, 0.25) is 0 Å². The Kier molecular flexibility index (Phi) is 12.1. The van der Waals surface area contributed by atoms with Crippen LogP contribution in [-0.4, -0.2) is 42.7 Å². The van der Waals surface area contributed by atoms with Crippen molar-refractivity contribution in [1.29, 1.82) is 0 Å². The highest BCUT2D eigenvalue weighted by atomic mass is 79.9. The first kappa shape index (κ1) is 27.5. The molecule has 0 aliphatic heterocycles. The molecule has 4 N–H and O–H groups in total. The molecule has 0 aliphatic carbocycles. The zero-order valence-corrected chi connectivity index (χ0v) is 21.9. The molecule has 8 nitrogen and oxygen atoms in total. The summed E-state index contributed by atoms with van der Waals surface area (Å²) in [5.74, 6) is 0.910. The number of nitrogens with zero attached hydrogens (tertiary/aromatic N) is 2. The van der Waals surface area contributed by atoms with Gasteiger partial charge < -0.3 is 15.7 Å². The first-order valence-electron chi connectivity index (χ1n) is 11.6. The minimum atomic E-state index is -3.53. The fourth-order valence-corrected chi connectivity index (χ4v) is 4.58. The maximum atomic E-state index is 12.5. The third kappa shape index (κ3) is 9.95. The molecule has 184 valence electrons. The van der Waals surface area contributed by atoms with Crippen LogP contribution in [0.4, 0.5) is 17.5 Å². The van der Waals surface area contributed by atoms with Crippen molar-refractivity contribution >= 4 is 43.4 Å². The monoisotopic (exact) mass is 541 g/mol. The zero-order chi connectivity index (χ0) is 24.1. The van der Waals surface area contributed by atoms with E-state index in [1.54, 1.807) is 30.5 Å². The van der Waals surface area contributed by atoms with Crippen molar-refractivity contribution in [2.75, 3.05) is 23.8 Å².